The lowest BCUT2D eigenvalue weighted by Gasteiger charge is -2.19. The minimum Gasteiger partial charge on any atom is -0.496 e. The van der Waals surface area contributed by atoms with Gasteiger partial charge in [0.05, 0.1) is 12.6 Å². The number of para-hydroxylation sites is 2. The minimum absolute atomic E-state index is 0.0502. The number of nitrogens with zero attached hydrogens (tertiary/aromatic N) is 2. The number of ether oxygens (including phenoxy) is 1. The molecule has 6 heteroatoms. The van der Waals surface area contributed by atoms with Crippen molar-refractivity contribution >= 4 is 17.0 Å². The monoisotopic (exact) mass is 354 g/mol. The van der Waals surface area contributed by atoms with Gasteiger partial charge in [0.2, 0.25) is 5.91 Å². The van der Waals surface area contributed by atoms with Gasteiger partial charge in [0.25, 0.3) is 0 Å². The largest absolute Gasteiger partial charge is 0.496 e. The summed E-state index contributed by atoms with van der Waals surface area (Å²) in [5, 5.41) is 0. The lowest BCUT2D eigenvalue weighted by atomic mass is 10.1. The van der Waals surface area contributed by atoms with Crippen molar-refractivity contribution in [1.29, 1.82) is 0 Å². The summed E-state index contributed by atoms with van der Waals surface area (Å²) in [6.07, 6.45) is 0.216. The van der Waals surface area contributed by atoms with Gasteiger partial charge in [-0.05, 0) is 25.1 Å². The molecule has 0 fully saturated rings. The molecule has 0 bridgehead atoms. The summed E-state index contributed by atoms with van der Waals surface area (Å²) in [5.74, 6) is 0.264. The molecule has 1 aromatic heterocycles. The van der Waals surface area contributed by atoms with Gasteiger partial charge in [-0.2, -0.15) is 0 Å². The number of oxazole rings is 1. The summed E-state index contributed by atoms with van der Waals surface area (Å²) in [4.78, 5) is 26.1. The molecule has 2 aromatic carbocycles. The Morgan fingerprint density at radius 1 is 1.23 bits per heavy atom. The van der Waals surface area contributed by atoms with Crippen molar-refractivity contribution in [2.45, 2.75) is 26.4 Å². The molecule has 26 heavy (non-hydrogen) atoms. The van der Waals surface area contributed by atoms with Crippen LogP contribution in [0.15, 0.2) is 51.7 Å². The summed E-state index contributed by atoms with van der Waals surface area (Å²) in [6, 6.07) is 13.1. The maximum absolute atomic E-state index is 12.5. The standard InChI is InChI=1S/C20H22N2O4/c1-14-8-9-17(25-3)15(12-14)13-21(2)19(23)10-11-22-16-6-4-5-7-18(16)26-20(22)24/h4-9,12H,10-11,13H2,1-3H3. The molecule has 0 N–H and O–H groups in total. The van der Waals surface area contributed by atoms with E-state index in [2.05, 4.69) is 0 Å². The Kier molecular flexibility index (Phi) is 5.11. The SMILES string of the molecule is COc1ccc(C)cc1CN(C)C(=O)CCn1c(=O)oc2ccccc21. The number of fused-ring (bicyclic) bond motifs is 1. The number of benzene rings is 2. The number of carbonyl (C=O) groups excluding carboxylic acids is 1. The van der Waals surface area contributed by atoms with E-state index in [0.29, 0.717) is 17.6 Å². The van der Waals surface area contributed by atoms with Gasteiger partial charge in [-0.25, -0.2) is 4.79 Å². The van der Waals surface area contributed by atoms with E-state index < -0.39 is 5.76 Å². The van der Waals surface area contributed by atoms with Crippen molar-refractivity contribution in [3.63, 3.8) is 0 Å². The first kappa shape index (κ1) is 17.8. The highest BCUT2D eigenvalue weighted by Crippen LogP contribution is 2.21. The summed E-state index contributed by atoms with van der Waals surface area (Å²) in [7, 11) is 3.37. The number of methoxy groups -OCH3 is 1. The first-order chi connectivity index (χ1) is 12.5. The highest BCUT2D eigenvalue weighted by atomic mass is 16.5. The summed E-state index contributed by atoms with van der Waals surface area (Å²) < 4.78 is 12.1. The average molecular weight is 354 g/mol. The molecule has 0 aliphatic rings. The molecule has 0 unspecified atom stereocenters. The van der Waals surface area contributed by atoms with E-state index in [1.54, 1.807) is 25.1 Å². The smallest absolute Gasteiger partial charge is 0.419 e. The van der Waals surface area contributed by atoms with Crippen LogP contribution in [0.4, 0.5) is 0 Å². The van der Waals surface area contributed by atoms with Crippen LogP contribution in [-0.2, 0) is 17.9 Å². The summed E-state index contributed by atoms with van der Waals surface area (Å²) >= 11 is 0. The molecule has 3 rings (SSSR count). The Balaban J connectivity index is 1.69. The van der Waals surface area contributed by atoms with E-state index in [1.807, 2.05) is 43.3 Å². The normalized spacial score (nSPS) is 10.9. The molecular formula is C20H22N2O4. The van der Waals surface area contributed by atoms with Crippen LogP contribution in [0.3, 0.4) is 0 Å². The van der Waals surface area contributed by atoms with Crippen molar-refractivity contribution in [2.24, 2.45) is 0 Å². The average Bonchev–Trinajstić information content (AvgIpc) is 2.95. The second-order valence-electron chi connectivity index (χ2n) is 6.30. The minimum atomic E-state index is -0.443. The van der Waals surface area contributed by atoms with Crippen LogP contribution in [0.1, 0.15) is 17.5 Å². The van der Waals surface area contributed by atoms with Crippen LogP contribution in [0.5, 0.6) is 5.75 Å². The van der Waals surface area contributed by atoms with Crippen molar-refractivity contribution in [3.05, 3.63) is 64.1 Å². The van der Waals surface area contributed by atoms with Crippen molar-refractivity contribution in [1.82, 2.24) is 9.47 Å². The van der Waals surface area contributed by atoms with Gasteiger partial charge in [-0.1, -0.05) is 29.8 Å². The second-order valence-corrected chi connectivity index (χ2v) is 6.30. The molecule has 1 heterocycles. The fraction of sp³-hybridized carbons (Fsp3) is 0.300. The maximum atomic E-state index is 12.5. The van der Waals surface area contributed by atoms with Crippen LogP contribution >= 0.6 is 0 Å². The third kappa shape index (κ3) is 3.64. The molecule has 0 radical (unpaired) electrons. The number of amides is 1. The second kappa shape index (κ2) is 7.47. The van der Waals surface area contributed by atoms with Gasteiger partial charge in [0.15, 0.2) is 5.58 Å². The van der Waals surface area contributed by atoms with Crippen LogP contribution in [0, 0.1) is 6.92 Å². The Bertz CT molecular complexity index is 987. The van der Waals surface area contributed by atoms with Gasteiger partial charge in [0.1, 0.15) is 5.75 Å². The molecule has 136 valence electrons. The highest BCUT2D eigenvalue weighted by Gasteiger charge is 2.15. The first-order valence-corrected chi connectivity index (χ1v) is 8.45. The number of hydrogen-bond donors (Lipinski definition) is 0. The molecule has 1 amide bonds. The van der Waals surface area contributed by atoms with Gasteiger partial charge in [-0.15, -0.1) is 0 Å². The molecular weight excluding hydrogens is 332 g/mol. The van der Waals surface area contributed by atoms with Crippen molar-refractivity contribution < 1.29 is 13.9 Å². The molecule has 0 aliphatic carbocycles. The topological polar surface area (TPSA) is 64.7 Å². The number of hydrogen-bond acceptors (Lipinski definition) is 4. The zero-order valence-electron chi connectivity index (χ0n) is 15.2. The van der Waals surface area contributed by atoms with E-state index in [4.69, 9.17) is 9.15 Å². The van der Waals surface area contributed by atoms with Gasteiger partial charge in [-0.3, -0.25) is 9.36 Å². The van der Waals surface area contributed by atoms with Crippen molar-refractivity contribution in [2.75, 3.05) is 14.2 Å². The highest BCUT2D eigenvalue weighted by molar-refractivity contribution is 5.76. The van der Waals surface area contributed by atoms with Crippen LogP contribution in [0.25, 0.3) is 11.1 Å². The number of rotatable bonds is 6. The Hall–Kier alpha value is -3.02. The Morgan fingerprint density at radius 2 is 2.00 bits per heavy atom. The molecule has 0 spiro atoms. The van der Waals surface area contributed by atoms with E-state index in [-0.39, 0.29) is 18.9 Å². The quantitative estimate of drug-likeness (QED) is 0.683. The van der Waals surface area contributed by atoms with E-state index >= 15 is 0 Å². The predicted molar refractivity (Wildman–Crippen MR) is 99.3 cm³/mol. The Labute approximate surface area is 151 Å². The zero-order chi connectivity index (χ0) is 18.7. The van der Waals surface area contributed by atoms with Gasteiger partial charge in [0, 0.05) is 32.1 Å². The van der Waals surface area contributed by atoms with Crippen LogP contribution < -0.4 is 10.5 Å². The first-order valence-electron chi connectivity index (χ1n) is 8.45. The lowest BCUT2D eigenvalue weighted by molar-refractivity contribution is -0.130. The van der Waals surface area contributed by atoms with Crippen LogP contribution in [-0.4, -0.2) is 29.5 Å². The van der Waals surface area contributed by atoms with Gasteiger partial charge < -0.3 is 14.1 Å². The third-order valence-corrected chi connectivity index (χ3v) is 4.39. The van der Waals surface area contributed by atoms with Crippen LogP contribution in [0.2, 0.25) is 0 Å². The van der Waals surface area contributed by atoms with Crippen molar-refractivity contribution in [3.8, 4) is 5.75 Å². The molecule has 0 saturated heterocycles. The zero-order valence-corrected chi connectivity index (χ0v) is 15.2. The molecule has 0 aliphatic heterocycles. The number of carbonyl (C=O) groups is 1. The predicted octanol–water partition coefficient (Wildman–Crippen LogP) is 2.96. The molecule has 6 nitrogen and oxygen atoms in total. The molecule has 0 atom stereocenters. The third-order valence-electron chi connectivity index (χ3n) is 4.39. The van der Waals surface area contributed by atoms with Gasteiger partial charge >= 0.3 is 5.76 Å². The Morgan fingerprint density at radius 3 is 2.77 bits per heavy atom. The molecule has 0 saturated carbocycles. The fourth-order valence-corrected chi connectivity index (χ4v) is 3.00. The summed E-state index contributed by atoms with van der Waals surface area (Å²) in [6.45, 7) is 2.73. The van der Waals surface area contributed by atoms with E-state index in [9.17, 15) is 9.59 Å². The van der Waals surface area contributed by atoms with E-state index in [0.717, 1.165) is 16.9 Å². The molecule has 3 aromatic rings. The maximum Gasteiger partial charge on any atom is 0.419 e. The number of aryl methyl sites for hydroxylation is 2. The lowest BCUT2D eigenvalue weighted by Crippen LogP contribution is -2.28. The summed E-state index contributed by atoms with van der Waals surface area (Å²) in [5.41, 5.74) is 3.29. The van der Waals surface area contributed by atoms with E-state index in [1.165, 1.54) is 4.57 Å². The fourth-order valence-electron chi connectivity index (χ4n) is 3.00. The number of aromatic nitrogens is 1.